The third-order valence-electron chi connectivity index (χ3n) is 2.00. The van der Waals surface area contributed by atoms with Gasteiger partial charge in [0.15, 0.2) is 0 Å². The summed E-state index contributed by atoms with van der Waals surface area (Å²) in [5.74, 6) is -0.397. The predicted molar refractivity (Wildman–Crippen MR) is 70.6 cm³/mol. The first-order valence-corrected chi connectivity index (χ1v) is 5.77. The molecule has 1 heterocycles. The van der Waals surface area contributed by atoms with Gasteiger partial charge >= 0.3 is 0 Å². The van der Waals surface area contributed by atoms with E-state index in [2.05, 4.69) is 12.8 Å². The van der Waals surface area contributed by atoms with Crippen LogP contribution in [-0.2, 0) is 0 Å². The average molecular weight is 243 g/mol. The molecule has 4 heteroatoms. The zero-order valence-electron chi connectivity index (χ0n) is 10.1. The van der Waals surface area contributed by atoms with Gasteiger partial charge in [-0.1, -0.05) is 39.7 Å². The largest absolute Gasteiger partial charge is 0.270 e. The second-order valence-corrected chi connectivity index (χ2v) is 3.27. The number of nitrogens with zero attached hydrogens (tertiary/aromatic N) is 1. The van der Waals surface area contributed by atoms with Crippen LogP contribution in [0.2, 0.25) is 0 Å². The molecule has 0 aromatic carbocycles. The van der Waals surface area contributed by atoms with Gasteiger partial charge in [-0.15, -0.1) is 0 Å². The van der Waals surface area contributed by atoms with Crippen LogP contribution in [0.3, 0.4) is 0 Å². The summed E-state index contributed by atoms with van der Waals surface area (Å²) in [6, 6.07) is 1.67. The fraction of sp³-hybridized carbons (Fsp3) is 0.417. The van der Waals surface area contributed by atoms with Crippen LogP contribution in [0.5, 0.6) is 0 Å². The van der Waals surface area contributed by atoms with Gasteiger partial charge in [-0.3, -0.25) is 8.77 Å². The Bertz CT molecular complexity index is 505. The lowest BCUT2D eigenvalue weighted by atomic mass is 10.2. The van der Waals surface area contributed by atoms with E-state index in [9.17, 15) is 9.18 Å². The molecular weight excluding hydrogens is 225 g/mol. The molecule has 0 bridgehead atoms. The number of pyridine rings is 1. The molecule has 2 nitrogen and oxygen atoms in total. The topological polar surface area (TPSA) is 22.0 Å². The van der Waals surface area contributed by atoms with Gasteiger partial charge < -0.3 is 0 Å². The SMILES string of the molecule is C/C=c1/ccn(S)c(=O)/c1=C(\F)CC.CC. The summed E-state index contributed by atoms with van der Waals surface area (Å²) >= 11 is 3.90. The Labute approximate surface area is 101 Å². The van der Waals surface area contributed by atoms with E-state index in [-0.39, 0.29) is 11.6 Å². The third-order valence-corrected chi connectivity index (χ3v) is 2.31. The minimum Gasteiger partial charge on any atom is -0.268 e. The van der Waals surface area contributed by atoms with Crippen molar-refractivity contribution in [2.45, 2.75) is 34.1 Å². The molecule has 0 spiro atoms. The van der Waals surface area contributed by atoms with Crippen molar-refractivity contribution in [2.24, 2.45) is 0 Å². The van der Waals surface area contributed by atoms with Gasteiger partial charge in [0, 0.05) is 6.20 Å². The summed E-state index contributed by atoms with van der Waals surface area (Å²) < 4.78 is 14.5. The monoisotopic (exact) mass is 243 g/mol. The lowest BCUT2D eigenvalue weighted by Gasteiger charge is -1.97. The predicted octanol–water partition coefficient (Wildman–Crippen LogP) is 1.86. The van der Waals surface area contributed by atoms with E-state index in [1.54, 1.807) is 26.0 Å². The highest BCUT2D eigenvalue weighted by molar-refractivity contribution is 7.78. The van der Waals surface area contributed by atoms with E-state index in [0.717, 1.165) is 3.97 Å². The molecule has 0 saturated carbocycles. The van der Waals surface area contributed by atoms with Crippen LogP contribution in [-0.4, -0.2) is 3.97 Å². The Kier molecular flexibility index (Phi) is 6.81. The Morgan fingerprint density at radius 3 is 2.56 bits per heavy atom. The summed E-state index contributed by atoms with van der Waals surface area (Å²) in [4.78, 5) is 11.6. The maximum atomic E-state index is 13.4. The second kappa shape index (κ2) is 7.28. The number of thiol groups is 1. The zero-order valence-corrected chi connectivity index (χ0v) is 11.0. The molecule has 0 atom stereocenters. The van der Waals surface area contributed by atoms with E-state index < -0.39 is 11.4 Å². The Hall–Kier alpha value is -1.03. The summed E-state index contributed by atoms with van der Waals surface area (Å²) in [6.45, 7) is 7.44. The maximum absolute atomic E-state index is 13.4. The first-order valence-electron chi connectivity index (χ1n) is 5.37. The fourth-order valence-electron chi connectivity index (χ4n) is 1.23. The van der Waals surface area contributed by atoms with Crippen LogP contribution < -0.4 is 16.0 Å². The van der Waals surface area contributed by atoms with Crippen molar-refractivity contribution in [3.63, 3.8) is 0 Å². The van der Waals surface area contributed by atoms with Crippen molar-refractivity contribution in [1.82, 2.24) is 3.97 Å². The molecule has 16 heavy (non-hydrogen) atoms. The highest BCUT2D eigenvalue weighted by Gasteiger charge is 2.01. The van der Waals surface area contributed by atoms with Crippen molar-refractivity contribution in [3.8, 4) is 0 Å². The average Bonchev–Trinajstić information content (AvgIpc) is 2.34. The van der Waals surface area contributed by atoms with Crippen LogP contribution >= 0.6 is 12.8 Å². The van der Waals surface area contributed by atoms with E-state index in [4.69, 9.17) is 0 Å². The van der Waals surface area contributed by atoms with E-state index in [1.165, 1.54) is 6.20 Å². The molecule has 0 saturated heterocycles. The van der Waals surface area contributed by atoms with Crippen LogP contribution in [0.25, 0.3) is 11.9 Å². The van der Waals surface area contributed by atoms with Gasteiger partial charge in [0.1, 0.15) is 5.83 Å². The molecule has 0 aliphatic carbocycles. The minimum atomic E-state index is -0.414. The molecule has 0 amide bonds. The summed E-state index contributed by atoms with van der Waals surface area (Å²) in [6.07, 6.45) is 3.43. The minimum absolute atomic E-state index is 0.118. The molecule has 0 aliphatic heterocycles. The zero-order chi connectivity index (χ0) is 12.7. The van der Waals surface area contributed by atoms with E-state index in [1.807, 2.05) is 13.8 Å². The molecule has 0 aliphatic rings. The molecule has 0 unspecified atom stereocenters. The summed E-state index contributed by atoms with van der Waals surface area (Å²) in [7, 11) is 0. The molecule has 0 N–H and O–H groups in total. The van der Waals surface area contributed by atoms with Crippen LogP contribution in [0, 0.1) is 0 Å². The second-order valence-electron chi connectivity index (χ2n) is 2.84. The van der Waals surface area contributed by atoms with Crippen molar-refractivity contribution < 1.29 is 4.39 Å². The number of halogens is 1. The third kappa shape index (κ3) is 3.23. The number of hydrogen-bond donors (Lipinski definition) is 1. The quantitative estimate of drug-likeness (QED) is 0.747. The summed E-state index contributed by atoms with van der Waals surface area (Å²) in [5, 5.41) is 0.729. The number of aromatic nitrogens is 1. The molecule has 1 aromatic heterocycles. The van der Waals surface area contributed by atoms with Crippen LogP contribution in [0.15, 0.2) is 17.1 Å². The van der Waals surface area contributed by atoms with Crippen LogP contribution in [0.1, 0.15) is 34.1 Å². The highest BCUT2D eigenvalue weighted by atomic mass is 32.1. The summed E-state index contributed by atoms with van der Waals surface area (Å²) in [5.41, 5.74) is -0.414. The van der Waals surface area contributed by atoms with Crippen molar-refractivity contribution in [3.05, 3.63) is 33.1 Å². The molecule has 0 radical (unpaired) electrons. The Morgan fingerprint density at radius 2 is 2.12 bits per heavy atom. The normalized spacial score (nSPS) is 13.0. The molecule has 1 rings (SSSR count). The van der Waals surface area contributed by atoms with Gasteiger partial charge in [0.2, 0.25) is 0 Å². The van der Waals surface area contributed by atoms with Crippen molar-refractivity contribution in [2.75, 3.05) is 0 Å². The van der Waals surface area contributed by atoms with Crippen LogP contribution in [0.4, 0.5) is 4.39 Å². The maximum Gasteiger partial charge on any atom is 0.270 e. The molecular formula is C12H18FNOS. The van der Waals surface area contributed by atoms with E-state index >= 15 is 0 Å². The van der Waals surface area contributed by atoms with Crippen molar-refractivity contribution in [1.29, 1.82) is 0 Å². The number of rotatable bonds is 1. The van der Waals surface area contributed by atoms with Crippen molar-refractivity contribution >= 4 is 24.7 Å². The fourth-order valence-corrected chi connectivity index (χ4v) is 1.40. The van der Waals surface area contributed by atoms with Gasteiger partial charge in [-0.2, -0.15) is 0 Å². The molecule has 90 valence electrons. The smallest absolute Gasteiger partial charge is 0.268 e. The molecule has 1 aromatic rings. The lowest BCUT2D eigenvalue weighted by Crippen LogP contribution is -2.43. The molecule has 0 fully saturated rings. The standard InChI is InChI=1S/C10H12FNOS.C2H6/c1-3-7-5-6-12(14)10(13)9(7)8(11)4-2;1-2/h3,5-6,14H,4H2,1-2H3;1-2H3/b7-3-,9-8-;. The van der Waals surface area contributed by atoms with E-state index in [0.29, 0.717) is 5.22 Å². The Balaban J connectivity index is 0.00000106. The van der Waals surface area contributed by atoms with Gasteiger partial charge in [0.05, 0.1) is 5.22 Å². The highest BCUT2D eigenvalue weighted by Crippen LogP contribution is 1.96. The van der Waals surface area contributed by atoms with Gasteiger partial charge in [0.25, 0.3) is 5.56 Å². The lowest BCUT2D eigenvalue weighted by molar-refractivity contribution is 0.707. The number of hydrogen-bond acceptors (Lipinski definition) is 2. The van der Waals surface area contributed by atoms with Gasteiger partial charge in [-0.05, 0) is 24.6 Å². The first-order chi connectivity index (χ1) is 7.61. The first kappa shape index (κ1) is 15.0. The Morgan fingerprint density at radius 1 is 1.56 bits per heavy atom. The van der Waals surface area contributed by atoms with Gasteiger partial charge in [-0.25, -0.2) is 4.39 Å².